The van der Waals surface area contributed by atoms with Gasteiger partial charge in [0.2, 0.25) is 0 Å². The van der Waals surface area contributed by atoms with E-state index < -0.39 is 5.97 Å². The molecule has 0 aliphatic heterocycles. The molecule has 1 unspecified atom stereocenters. The molecular weight excluding hydrogens is 170 g/mol. The summed E-state index contributed by atoms with van der Waals surface area (Å²) in [6.45, 7) is 9.77. The van der Waals surface area contributed by atoms with Gasteiger partial charge < -0.3 is 15.5 Å². The van der Waals surface area contributed by atoms with Crippen LogP contribution in [0.2, 0.25) is 0 Å². The molecule has 1 atom stereocenters. The maximum Gasteiger partial charge on any atom is 0.300 e. The summed E-state index contributed by atoms with van der Waals surface area (Å²) in [4.78, 5) is 9.00. The minimum absolute atomic E-state index is 0.122. The van der Waals surface area contributed by atoms with Crippen LogP contribution in [0.5, 0.6) is 0 Å². The molecule has 0 amide bonds. The van der Waals surface area contributed by atoms with Gasteiger partial charge in [-0.15, -0.1) is 0 Å². The number of nitrogens with one attached hydrogen (secondary N) is 1. The van der Waals surface area contributed by atoms with Crippen molar-refractivity contribution in [2.75, 3.05) is 6.54 Å². The lowest BCUT2D eigenvalue weighted by Gasteiger charge is -2.21. The van der Waals surface area contributed by atoms with Crippen molar-refractivity contribution in [2.45, 2.75) is 46.3 Å². The van der Waals surface area contributed by atoms with Crippen LogP contribution in [0.25, 0.3) is 0 Å². The molecule has 0 spiro atoms. The Balaban J connectivity index is 0. The van der Waals surface area contributed by atoms with Crippen LogP contribution in [0, 0.1) is 0 Å². The summed E-state index contributed by atoms with van der Waals surface area (Å²) in [5.41, 5.74) is 0.122. The summed E-state index contributed by atoms with van der Waals surface area (Å²) in [5.74, 6) is -0.833. The highest BCUT2D eigenvalue weighted by Crippen LogP contribution is 1.97. The van der Waals surface area contributed by atoms with Gasteiger partial charge in [-0.3, -0.25) is 4.79 Å². The Morgan fingerprint density at radius 2 is 1.77 bits per heavy atom. The summed E-state index contributed by atoms with van der Waals surface area (Å²) in [6, 6.07) is 0. The van der Waals surface area contributed by atoms with Gasteiger partial charge in [-0.2, -0.15) is 0 Å². The minimum atomic E-state index is -0.833. The predicted molar refractivity (Wildman–Crippen MR) is 52.7 cm³/mol. The number of rotatable bonds is 2. The van der Waals surface area contributed by atoms with E-state index in [1.807, 2.05) is 0 Å². The zero-order valence-electron chi connectivity index (χ0n) is 9.09. The molecular formula is C9H21NO3. The largest absolute Gasteiger partial charge is 0.481 e. The Hall–Kier alpha value is -0.610. The first-order valence-corrected chi connectivity index (χ1v) is 4.28. The third-order valence-corrected chi connectivity index (χ3v) is 0.928. The van der Waals surface area contributed by atoms with Gasteiger partial charge in [0.1, 0.15) is 0 Å². The van der Waals surface area contributed by atoms with E-state index in [2.05, 4.69) is 26.1 Å². The molecule has 3 N–H and O–H groups in total. The highest BCUT2D eigenvalue weighted by molar-refractivity contribution is 5.62. The summed E-state index contributed by atoms with van der Waals surface area (Å²) in [6.07, 6.45) is -0.246. The monoisotopic (exact) mass is 191 g/mol. The normalized spacial score (nSPS) is 12.8. The van der Waals surface area contributed by atoms with E-state index >= 15 is 0 Å². The van der Waals surface area contributed by atoms with Gasteiger partial charge in [0.05, 0.1) is 6.10 Å². The van der Waals surface area contributed by atoms with Crippen molar-refractivity contribution in [1.29, 1.82) is 0 Å². The number of aliphatic hydroxyl groups is 1. The molecule has 13 heavy (non-hydrogen) atoms. The number of hydrogen-bond donors (Lipinski definition) is 3. The molecule has 0 saturated heterocycles. The van der Waals surface area contributed by atoms with Gasteiger partial charge in [0, 0.05) is 19.0 Å². The SMILES string of the molecule is CC(=O)O.CC(O)CNC(C)(C)C. The van der Waals surface area contributed by atoms with Gasteiger partial charge in [-0.05, 0) is 27.7 Å². The topological polar surface area (TPSA) is 69.6 Å². The molecule has 0 aromatic carbocycles. The molecule has 0 rings (SSSR count). The molecule has 0 saturated carbocycles. The van der Waals surface area contributed by atoms with Crippen LogP contribution >= 0.6 is 0 Å². The molecule has 0 aromatic rings. The second-order valence-corrected chi connectivity index (χ2v) is 4.00. The Morgan fingerprint density at radius 3 is 1.85 bits per heavy atom. The van der Waals surface area contributed by atoms with E-state index in [9.17, 15) is 0 Å². The Labute approximate surface area is 80.0 Å². The number of carboxylic acid groups (broad SMARTS) is 1. The smallest absolute Gasteiger partial charge is 0.300 e. The maximum atomic E-state index is 9.00. The highest BCUT2D eigenvalue weighted by atomic mass is 16.4. The number of β-amino-alcohol motifs (C(OH)–C–C–N with tert-alkyl or cyclic N) is 1. The average Bonchev–Trinajstić information content (AvgIpc) is 1.80. The predicted octanol–water partition coefficient (Wildman–Crippen LogP) is 0.846. The average molecular weight is 191 g/mol. The van der Waals surface area contributed by atoms with Crippen molar-refractivity contribution >= 4 is 5.97 Å². The fraction of sp³-hybridized carbons (Fsp3) is 0.889. The standard InChI is InChI=1S/C7H17NO.C2H4O2/c1-6(9)5-8-7(2,3)4;1-2(3)4/h6,8-9H,5H2,1-4H3;1H3,(H,3,4). The number of hydrogen-bond acceptors (Lipinski definition) is 3. The quantitative estimate of drug-likeness (QED) is 0.605. The van der Waals surface area contributed by atoms with Crippen LogP contribution in [-0.2, 0) is 4.79 Å². The molecule has 0 radical (unpaired) electrons. The summed E-state index contributed by atoms with van der Waals surface area (Å²) < 4.78 is 0. The fourth-order valence-electron chi connectivity index (χ4n) is 0.454. The number of carboxylic acids is 1. The Kier molecular flexibility index (Phi) is 7.85. The van der Waals surface area contributed by atoms with Crippen molar-refractivity contribution in [1.82, 2.24) is 5.32 Å². The molecule has 0 aliphatic rings. The van der Waals surface area contributed by atoms with Crippen molar-refractivity contribution in [3.63, 3.8) is 0 Å². The number of carbonyl (C=O) groups is 1. The zero-order chi connectivity index (χ0) is 11.1. The van der Waals surface area contributed by atoms with Crippen LogP contribution in [0.15, 0.2) is 0 Å². The third-order valence-electron chi connectivity index (χ3n) is 0.928. The van der Waals surface area contributed by atoms with E-state index in [1.54, 1.807) is 6.92 Å². The lowest BCUT2D eigenvalue weighted by Crippen LogP contribution is -2.39. The van der Waals surface area contributed by atoms with Crippen LogP contribution in [0.4, 0.5) is 0 Å². The van der Waals surface area contributed by atoms with Gasteiger partial charge in [0.15, 0.2) is 0 Å². The van der Waals surface area contributed by atoms with Crippen LogP contribution in [0.3, 0.4) is 0 Å². The van der Waals surface area contributed by atoms with E-state index in [0.717, 1.165) is 6.92 Å². The minimum Gasteiger partial charge on any atom is -0.481 e. The summed E-state index contributed by atoms with van der Waals surface area (Å²) in [7, 11) is 0. The second-order valence-electron chi connectivity index (χ2n) is 4.00. The Bertz CT molecular complexity index is 134. The zero-order valence-corrected chi connectivity index (χ0v) is 9.09. The molecule has 0 heterocycles. The first kappa shape index (κ1) is 14.9. The van der Waals surface area contributed by atoms with Crippen LogP contribution in [-0.4, -0.2) is 34.4 Å². The van der Waals surface area contributed by atoms with Gasteiger partial charge in [-0.25, -0.2) is 0 Å². The van der Waals surface area contributed by atoms with Crippen LogP contribution < -0.4 is 5.32 Å². The molecule has 0 aliphatic carbocycles. The summed E-state index contributed by atoms with van der Waals surface area (Å²) in [5, 5.41) is 19.4. The lowest BCUT2D eigenvalue weighted by molar-refractivity contribution is -0.134. The highest BCUT2D eigenvalue weighted by Gasteiger charge is 2.08. The summed E-state index contributed by atoms with van der Waals surface area (Å²) >= 11 is 0. The molecule has 0 bridgehead atoms. The Morgan fingerprint density at radius 1 is 1.46 bits per heavy atom. The number of aliphatic hydroxyl groups excluding tert-OH is 1. The first-order valence-electron chi connectivity index (χ1n) is 4.28. The van der Waals surface area contributed by atoms with E-state index in [4.69, 9.17) is 15.0 Å². The maximum absolute atomic E-state index is 9.00. The van der Waals surface area contributed by atoms with E-state index in [-0.39, 0.29) is 11.6 Å². The molecule has 0 fully saturated rings. The molecule has 80 valence electrons. The van der Waals surface area contributed by atoms with Crippen molar-refractivity contribution in [2.24, 2.45) is 0 Å². The van der Waals surface area contributed by atoms with Gasteiger partial charge in [-0.1, -0.05) is 0 Å². The van der Waals surface area contributed by atoms with Crippen molar-refractivity contribution < 1.29 is 15.0 Å². The third kappa shape index (κ3) is 34.6. The molecule has 0 aromatic heterocycles. The number of aliphatic carboxylic acids is 1. The first-order chi connectivity index (χ1) is 5.65. The van der Waals surface area contributed by atoms with Crippen LogP contribution in [0.1, 0.15) is 34.6 Å². The fourth-order valence-corrected chi connectivity index (χ4v) is 0.454. The molecule has 4 heteroatoms. The lowest BCUT2D eigenvalue weighted by atomic mass is 10.1. The van der Waals surface area contributed by atoms with E-state index in [1.165, 1.54) is 0 Å². The van der Waals surface area contributed by atoms with Gasteiger partial charge in [0.25, 0.3) is 5.97 Å². The van der Waals surface area contributed by atoms with E-state index in [0.29, 0.717) is 6.54 Å². The second kappa shape index (κ2) is 6.86. The van der Waals surface area contributed by atoms with Crippen molar-refractivity contribution in [3.05, 3.63) is 0 Å². The molecule has 4 nitrogen and oxygen atoms in total. The van der Waals surface area contributed by atoms with Crippen molar-refractivity contribution in [3.8, 4) is 0 Å². The van der Waals surface area contributed by atoms with Gasteiger partial charge >= 0.3 is 0 Å².